The molecular weight excluding hydrogens is 242 g/mol. The summed E-state index contributed by atoms with van der Waals surface area (Å²) in [6.07, 6.45) is 5.55. The van der Waals surface area contributed by atoms with Crippen LogP contribution in [0.1, 0.15) is 37.3 Å². The van der Waals surface area contributed by atoms with Crippen LogP contribution in [0.4, 0.5) is 0 Å². The summed E-state index contributed by atoms with van der Waals surface area (Å²) in [4.78, 5) is 2.15. The second-order valence-electron chi connectivity index (χ2n) is 5.64. The summed E-state index contributed by atoms with van der Waals surface area (Å²) in [5, 5.41) is 14.3. The molecule has 0 radical (unpaired) electrons. The van der Waals surface area contributed by atoms with Crippen LogP contribution in [0.25, 0.3) is 0 Å². The van der Waals surface area contributed by atoms with Gasteiger partial charge < -0.3 is 14.7 Å². The highest BCUT2D eigenvalue weighted by Crippen LogP contribution is 2.37. The van der Waals surface area contributed by atoms with Gasteiger partial charge in [-0.15, -0.1) is 0 Å². The summed E-state index contributed by atoms with van der Waals surface area (Å²) >= 11 is 0. The fourth-order valence-electron chi connectivity index (χ4n) is 2.83. The number of aliphatic hydroxyl groups excluding tert-OH is 1. The van der Waals surface area contributed by atoms with Crippen LogP contribution in [0.5, 0.6) is 5.75 Å². The van der Waals surface area contributed by atoms with E-state index in [1.165, 1.54) is 0 Å². The van der Waals surface area contributed by atoms with Gasteiger partial charge in [-0.25, -0.2) is 0 Å². The molecule has 1 heterocycles. The van der Waals surface area contributed by atoms with Crippen molar-refractivity contribution in [1.29, 1.82) is 0 Å². The number of hydrogen-bond donors (Lipinski definition) is 1. The SMILES string of the molecule is COc1cnn(CCN(C)C)c1C1CCCC(O)C1. The monoisotopic (exact) mass is 267 g/mol. The molecule has 0 bridgehead atoms. The first-order chi connectivity index (χ1) is 9.11. The molecule has 1 aliphatic carbocycles. The largest absolute Gasteiger partial charge is 0.493 e. The number of methoxy groups -OCH3 is 1. The van der Waals surface area contributed by atoms with Gasteiger partial charge in [0.1, 0.15) is 0 Å². The van der Waals surface area contributed by atoms with Crippen molar-refractivity contribution >= 4 is 0 Å². The number of hydrogen-bond acceptors (Lipinski definition) is 4. The Morgan fingerprint density at radius 1 is 1.47 bits per heavy atom. The number of aliphatic hydroxyl groups is 1. The summed E-state index contributed by atoms with van der Waals surface area (Å²) < 4.78 is 7.49. The van der Waals surface area contributed by atoms with Crippen LogP contribution in [-0.2, 0) is 6.54 Å². The van der Waals surface area contributed by atoms with Crippen LogP contribution in [0.15, 0.2) is 6.20 Å². The second kappa shape index (κ2) is 6.39. The van der Waals surface area contributed by atoms with E-state index in [1.807, 2.05) is 4.68 Å². The smallest absolute Gasteiger partial charge is 0.160 e. The van der Waals surface area contributed by atoms with Gasteiger partial charge in [0.2, 0.25) is 0 Å². The first-order valence-electron chi connectivity index (χ1n) is 7.04. The first-order valence-corrected chi connectivity index (χ1v) is 7.04. The van der Waals surface area contributed by atoms with Crippen LogP contribution in [0, 0.1) is 0 Å². The Kier molecular flexibility index (Phi) is 4.82. The third-order valence-electron chi connectivity index (χ3n) is 3.86. The van der Waals surface area contributed by atoms with Crippen molar-refractivity contribution in [1.82, 2.24) is 14.7 Å². The molecule has 1 aromatic heterocycles. The van der Waals surface area contributed by atoms with Gasteiger partial charge >= 0.3 is 0 Å². The zero-order valence-electron chi connectivity index (χ0n) is 12.2. The lowest BCUT2D eigenvalue weighted by Crippen LogP contribution is -2.24. The predicted molar refractivity (Wildman–Crippen MR) is 74.5 cm³/mol. The van der Waals surface area contributed by atoms with E-state index in [0.29, 0.717) is 5.92 Å². The Morgan fingerprint density at radius 2 is 2.26 bits per heavy atom. The van der Waals surface area contributed by atoms with E-state index in [2.05, 4.69) is 24.1 Å². The third-order valence-corrected chi connectivity index (χ3v) is 3.86. The van der Waals surface area contributed by atoms with E-state index < -0.39 is 0 Å². The van der Waals surface area contributed by atoms with Gasteiger partial charge in [-0.3, -0.25) is 4.68 Å². The van der Waals surface area contributed by atoms with Gasteiger partial charge in [-0.1, -0.05) is 6.42 Å². The minimum atomic E-state index is -0.180. The standard InChI is InChI=1S/C14H25N3O2/c1-16(2)7-8-17-14(13(19-3)10-15-17)11-5-4-6-12(18)9-11/h10-12,18H,4-9H2,1-3H3. The summed E-state index contributed by atoms with van der Waals surface area (Å²) in [5.41, 5.74) is 1.16. The number of likely N-dealkylation sites (N-methyl/N-ethyl adjacent to an activating group) is 1. The maximum atomic E-state index is 9.87. The molecule has 1 N–H and O–H groups in total. The van der Waals surface area contributed by atoms with Crippen molar-refractivity contribution in [3.8, 4) is 5.75 Å². The molecule has 1 saturated carbocycles. The highest BCUT2D eigenvalue weighted by Gasteiger charge is 2.27. The predicted octanol–water partition coefficient (Wildman–Crippen LogP) is 1.47. The molecule has 2 rings (SSSR count). The quantitative estimate of drug-likeness (QED) is 0.878. The minimum Gasteiger partial charge on any atom is -0.493 e. The minimum absolute atomic E-state index is 0.180. The highest BCUT2D eigenvalue weighted by molar-refractivity contribution is 5.29. The second-order valence-corrected chi connectivity index (χ2v) is 5.64. The number of nitrogens with zero attached hydrogens (tertiary/aromatic N) is 3. The molecule has 1 aromatic rings. The van der Waals surface area contributed by atoms with E-state index in [1.54, 1.807) is 13.3 Å². The van der Waals surface area contributed by atoms with E-state index in [-0.39, 0.29) is 6.10 Å². The van der Waals surface area contributed by atoms with Crippen molar-refractivity contribution in [2.75, 3.05) is 27.7 Å². The zero-order chi connectivity index (χ0) is 13.8. The van der Waals surface area contributed by atoms with Crippen molar-refractivity contribution in [3.63, 3.8) is 0 Å². The Labute approximate surface area is 115 Å². The molecule has 108 valence electrons. The molecule has 0 spiro atoms. The summed E-state index contributed by atoms with van der Waals surface area (Å²) in [5.74, 6) is 1.22. The topological polar surface area (TPSA) is 50.5 Å². The van der Waals surface area contributed by atoms with Crippen LogP contribution in [-0.4, -0.2) is 53.6 Å². The molecule has 5 heteroatoms. The van der Waals surface area contributed by atoms with Gasteiger partial charge in [0.25, 0.3) is 0 Å². The average Bonchev–Trinajstić information content (AvgIpc) is 2.79. The Morgan fingerprint density at radius 3 is 2.89 bits per heavy atom. The van der Waals surface area contributed by atoms with Crippen LogP contribution in [0.3, 0.4) is 0 Å². The van der Waals surface area contributed by atoms with Gasteiger partial charge in [-0.05, 0) is 33.4 Å². The van der Waals surface area contributed by atoms with Gasteiger partial charge in [0, 0.05) is 12.5 Å². The average molecular weight is 267 g/mol. The number of ether oxygens (including phenoxy) is 1. The fraction of sp³-hybridized carbons (Fsp3) is 0.786. The van der Waals surface area contributed by atoms with Gasteiger partial charge in [0.15, 0.2) is 5.75 Å². The normalized spacial score (nSPS) is 23.8. The van der Waals surface area contributed by atoms with E-state index in [0.717, 1.165) is 50.2 Å². The molecule has 5 nitrogen and oxygen atoms in total. The van der Waals surface area contributed by atoms with Gasteiger partial charge in [0.05, 0.1) is 31.6 Å². The van der Waals surface area contributed by atoms with Crippen LogP contribution < -0.4 is 4.74 Å². The lowest BCUT2D eigenvalue weighted by molar-refractivity contribution is 0.117. The van der Waals surface area contributed by atoms with Crippen LogP contribution >= 0.6 is 0 Å². The number of aromatic nitrogens is 2. The maximum absolute atomic E-state index is 9.87. The lowest BCUT2D eigenvalue weighted by atomic mass is 9.85. The Bertz CT molecular complexity index is 403. The van der Waals surface area contributed by atoms with Crippen molar-refractivity contribution in [2.45, 2.75) is 44.2 Å². The molecule has 2 unspecified atom stereocenters. The maximum Gasteiger partial charge on any atom is 0.160 e. The molecular formula is C14H25N3O2. The Balaban J connectivity index is 2.17. The number of rotatable bonds is 5. The molecule has 2 atom stereocenters. The molecule has 0 aromatic carbocycles. The van der Waals surface area contributed by atoms with Crippen LogP contribution in [0.2, 0.25) is 0 Å². The van der Waals surface area contributed by atoms with Crippen molar-refractivity contribution < 1.29 is 9.84 Å². The molecule has 0 aliphatic heterocycles. The first kappa shape index (κ1) is 14.3. The van der Waals surface area contributed by atoms with Crippen molar-refractivity contribution in [2.24, 2.45) is 0 Å². The van der Waals surface area contributed by atoms with Crippen molar-refractivity contribution in [3.05, 3.63) is 11.9 Å². The molecule has 0 saturated heterocycles. The summed E-state index contributed by atoms with van der Waals surface area (Å²) in [6.45, 7) is 1.81. The third kappa shape index (κ3) is 3.48. The zero-order valence-corrected chi connectivity index (χ0v) is 12.2. The molecule has 1 fully saturated rings. The highest BCUT2D eigenvalue weighted by atomic mass is 16.5. The fourth-order valence-corrected chi connectivity index (χ4v) is 2.83. The van der Waals surface area contributed by atoms with E-state index in [4.69, 9.17) is 4.74 Å². The summed E-state index contributed by atoms with van der Waals surface area (Å²) in [6, 6.07) is 0. The molecule has 1 aliphatic rings. The van der Waals surface area contributed by atoms with E-state index in [9.17, 15) is 5.11 Å². The summed E-state index contributed by atoms with van der Waals surface area (Å²) in [7, 11) is 5.81. The molecule has 0 amide bonds. The molecule has 19 heavy (non-hydrogen) atoms. The lowest BCUT2D eigenvalue weighted by Gasteiger charge is -2.27. The Hall–Kier alpha value is -1.07. The van der Waals surface area contributed by atoms with Gasteiger partial charge in [-0.2, -0.15) is 5.10 Å². The van der Waals surface area contributed by atoms with E-state index >= 15 is 0 Å².